The van der Waals surface area contributed by atoms with Crippen LogP contribution in [0.3, 0.4) is 0 Å². The van der Waals surface area contributed by atoms with E-state index < -0.39 is 5.95 Å². The second-order valence-electron chi connectivity index (χ2n) is 8.30. The number of aromatic nitrogens is 1. The molecule has 0 N–H and O–H groups in total. The molecule has 32 heavy (non-hydrogen) atoms. The van der Waals surface area contributed by atoms with Crippen LogP contribution >= 0.6 is 0 Å². The number of benzene rings is 1. The van der Waals surface area contributed by atoms with E-state index in [1.54, 1.807) is 24.1 Å². The van der Waals surface area contributed by atoms with Crippen molar-refractivity contribution in [2.45, 2.75) is 19.3 Å². The summed E-state index contributed by atoms with van der Waals surface area (Å²) in [6.45, 7) is 6.26. The van der Waals surface area contributed by atoms with Gasteiger partial charge in [0, 0.05) is 52.4 Å². The highest BCUT2D eigenvalue weighted by Gasteiger charge is 2.26. The highest BCUT2D eigenvalue weighted by molar-refractivity contribution is 5.91. The molecule has 0 saturated carbocycles. The Morgan fingerprint density at radius 1 is 1.00 bits per heavy atom. The van der Waals surface area contributed by atoms with Crippen molar-refractivity contribution in [2.24, 2.45) is 0 Å². The van der Waals surface area contributed by atoms with Gasteiger partial charge in [-0.05, 0) is 43.5 Å². The quantitative estimate of drug-likeness (QED) is 0.643. The van der Waals surface area contributed by atoms with Crippen molar-refractivity contribution >= 4 is 17.5 Å². The maximum absolute atomic E-state index is 13.8. The molecule has 1 aromatic heterocycles. The molecule has 0 atom stereocenters. The summed E-state index contributed by atoms with van der Waals surface area (Å²) in [6, 6.07) is 12.6. The maximum Gasteiger partial charge on any atom is 0.325 e. The van der Waals surface area contributed by atoms with Crippen LogP contribution in [-0.2, 0) is 0 Å². The fourth-order valence-corrected chi connectivity index (χ4v) is 4.46. The second-order valence-corrected chi connectivity index (χ2v) is 8.30. The second kappa shape index (κ2) is 10.6. The highest BCUT2D eigenvalue weighted by atomic mass is 19.1. The van der Waals surface area contributed by atoms with Crippen molar-refractivity contribution in [3.63, 3.8) is 0 Å². The van der Waals surface area contributed by atoms with Crippen LogP contribution in [-0.4, -0.2) is 80.3 Å². The lowest BCUT2D eigenvalue weighted by molar-refractivity contribution is 0.190. The number of amides is 2. The van der Waals surface area contributed by atoms with Crippen LogP contribution in [0.15, 0.2) is 42.5 Å². The zero-order chi connectivity index (χ0) is 22.3. The Hall–Kier alpha value is -2.87. The van der Waals surface area contributed by atoms with Gasteiger partial charge in [0.15, 0.2) is 0 Å². The van der Waals surface area contributed by atoms with Crippen molar-refractivity contribution in [1.82, 2.24) is 14.8 Å². The van der Waals surface area contributed by atoms with E-state index in [0.29, 0.717) is 12.4 Å². The van der Waals surface area contributed by atoms with Gasteiger partial charge in [0.1, 0.15) is 11.6 Å². The molecule has 2 fully saturated rings. The Labute approximate surface area is 189 Å². The number of nitrogens with zero attached hydrogens (tertiary/aromatic N) is 5. The van der Waals surface area contributed by atoms with E-state index in [2.05, 4.69) is 20.9 Å². The molecule has 0 radical (unpaired) electrons. The molecule has 3 heterocycles. The Balaban J connectivity index is 1.38. The van der Waals surface area contributed by atoms with Crippen LogP contribution in [0.4, 0.5) is 20.7 Å². The molecular formula is C24H32FN5O2. The molecule has 1 aromatic carbocycles. The first-order chi connectivity index (χ1) is 15.7. The molecule has 7 nitrogen and oxygen atoms in total. The summed E-state index contributed by atoms with van der Waals surface area (Å²) in [5.74, 6) is 0.703. The van der Waals surface area contributed by atoms with Gasteiger partial charge in [-0.15, -0.1) is 0 Å². The lowest BCUT2D eigenvalue weighted by atomic mass is 10.1. The van der Waals surface area contributed by atoms with E-state index in [1.165, 1.54) is 6.07 Å². The summed E-state index contributed by atoms with van der Waals surface area (Å²) < 4.78 is 19.3. The van der Waals surface area contributed by atoms with Crippen LogP contribution in [0.25, 0.3) is 0 Å². The standard InChI is InChI=1S/C24H32FN5O2/c1-32-21-9-4-3-8-20(21)28-17-14-27(15-18-28)16-19-30(23-11-7-10-22(25)26-23)24(31)29-12-5-2-6-13-29/h3-4,7-11H,2,5-6,12-19H2,1H3. The third kappa shape index (κ3) is 5.30. The van der Waals surface area contributed by atoms with Crippen molar-refractivity contribution in [3.05, 3.63) is 48.4 Å². The molecule has 2 aromatic rings. The molecule has 2 aliphatic heterocycles. The number of piperazine rings is 1. The number of carbonyl (C=O) groups is 1. The largest absolute Gasteiger partial charge is 0.495 e. The minimum absolute atomic E-state index is 0.0737. The molecule has 2 aliphatic rings. The third-order valence-electron chi connectivity index (χ3n) is 6.27. The fourth-order valence-electron chi connectivity index (χ4n) is 4.46. The van der Waals surface area contributed by atoms with Gasteiger partial charge in [-0.2, -0.15) is 4.39 Å². The molecular weight excluding hydrogens is 409 g/mol. The SMILES string of the molecule is COc1ccccc1N1CCN(CCN(C(=O)N2CCCCC2)c2cccc(F)n2)CC1. The average Bonchev–Trinajstić information content (AvgIpc) is 2.85. The molecule has 0 aliphatic carbocycles. The van der Waals surface area contributed by atoms with Crippen molar-refractivity contribution in [3.8, 4) is 5.75 Å². The Morgan fingerprint density at radius 2 is 1.75 bits per heavy atom. The van der Waals surface area contributed by atoms with E-state index in [1.807, 2.05) is 23.1 Å². The van der Waals surface area contributed by atoms with Crippen molar-refractivity contribution < 1.29 is 13.9 Å². The molecule has 0 bridgehead atoms. The summed E-state index contributed by atoms with van der Waals surface area (Å²) in [7, 11) is 1.70. The van der Waals surface area contributed by atoms with E-state index in [-0.39, 0.29) is 6.03 Å². The third-order valence-corrected chi connectivity index (χ3v) is 6.27. The van der Waals surface area contributed by atoms with E-state index in [0.717, 1.165) is 76.5 Å². The van der Waals surface area contributed by atoms with Gasteiger partial charge in [-0.3, -0.25) is 9.80 Å². The van der Waals surface area contributed by atoms with Crippen LogP contribution in [0.2, 0.25) is 0 Å². The van der Waals surface area contributed by atoms with Gasteiger partial charge in [-0.25, -0.2) is 9.78 Å². The van der Waals surface area contributed by atoms with Gasteiger partial charge >= 0.3 is 6.03 Å². The number of para-hydroxylation sites is 2. The number of likely N-dealkylation sites (tertiary alicyclic amines) is 1. The van der Waals surface area contributed by atoms with Gasteiger partial charge in [0.2, 0.25) is 5.95 Å². The normalized spacial score (nSPS) is 17.3. The zero-order valence-electron chi connectivity index (χ0n) is 18.8. The smallest absolute Gasteiger partial charge is 0.325 e. The van der Waals surface area contributed by atoms with E-state index >= 15 is 0 Å². The molecule has 172 valence electrons. The number of hydrogen-bond acceptors (Lipinski definition) is 5. The molecule has 4 rings (SSSR count). The summed E-state index contributed by atoms with van der Waals surface area (Å²) in [5, 5.41) is 0. The number of urea groups is 1. The summed E-state index contributed by atoms with van der Waals surface area (Å²) in [6.07, 6.45) is 3.18. The van der Waals surface area contributed by atoms with Crippen molar-refractivity contribution in [2.75, 3.05) is 69.3 Å². The highest BCUT2D eigenvalue weighted by Crippen LogP contribution is 2.28. The molecule has 2 saturated heterocycles. The van der Waals surface area contributed by atoms with Gasteiger partial charge in [-0.1, -0.05) is 18.2 Å². The van der Waals surface area contributed by atoms with Crippen LogP contribution in [0.1, 0.15) is 19.3 Å². The predicted molar refractivity (Wildman–Crippen MR) is 124 cm³/mol. The predicted octanol–water partition coefficient (Wildman–Crippen LogP) is 3.46. The van der Waals surface area contributed by atoms with E-state index in [9.17, 15) is 9.18 Å². The molecule has 0 spiro atoms. The Kier molecular flexibility index (Phi) is 7.42. The monoisotopic (exact) mass is 441 g/mol. The van der Waals surface area contributed by atoms with Gasteiger partial charge in [0.05, 0.1) is 12.8 Å². The number of halogens is 1. The Morgan fingerprint density at radius 3 is 2.47 bits per heavy atom. The lowest BCUT2D eigenvalue weighted by Crippen LogP contribution is -2.51. The number of ether oxygens (including phenoxy) is 1. The van der Waals surface area contributed by atoms with Crippen LogP contribution < -0.4 is 14.5 Å². The Bertz CT molecular complexity index is 897. The minimum Gasteiger partial charge on any atom is -0.495 e. The van der Waals surface area contributed by atoms with Gasteiger partial charge < -0.3 is 14.5 Å². The number of carbonyl (C=O) groups excluding carboxylic acids is 1. The first-order valence-electron chi connectivity index (χ1n) is 11.4. The zero-order valence-corrected chi connectivity index (χ0v) is 18.8. The first kappa shape index (κ1) is 22.3. The maximum atomic E-state index is 13.8. The number of methoxy groups -OCH3 is 1. The summed E-state index contributed by atoms with van der Waals surface area (Å²) in [5.41, 5.74) is 1.11. The number of anilines is 2. The lowest BCUT2D eigenvalue weighted by Gasteiger charge is -2.38. The van der Waals surface area contributed by atoms with Crippen LogP contribution in [0, 0.1) is 5.95 Å². The molecule has 8 heteroatoms. The number of piperidine rings is 1. The van der Waals surface area contributed by atoms with Gasteiger partial charge in [0.25, 0.3) is 0 Å². The average molecular weight is 442 g/mol. The summed E-state index contributed by atoms with van der Waals surface area (Å²) >= 11 is 0. The van der Waals surface area contributed by atoms with Crippen molar-refractivity contribution in [1.29, 1.82) is 0 Å². The minimum atomic E-state index is -0.565. The first-order valence-corrected chi connectivity index (χ1v) is 11.4. The topological polar surface area (TPSA) is 52.2 Å². The molecule has 2 amide bonds. The fraction of sp³-hybridized carbons (Fsp3) is 0.500. The van der Waals surface area contributed by atoms with E-state index in [4.69, 9.17) is 4.74 Å². The number of rotatable bonds is 6. The van der Waals surface area contributed by atoms with Crippen LogP contribution in [0.5, 0.6) is 5.75 Å². The number of pyridine rings is 1. The molecule has 0 unspecified atom stereocenters. The number of hydrogen-bond donors (Lipinski definition) is 0. The summed E-state index contributed by atoms with van der Waals surface area (Å²) in [4.78, 5) is 25.4.